The maximum absolute atomic E-state index is 12.4. The highest BCUT2D eigenvalue weighted by Gasteiger charge is 2.38. The number of ether oxygens (including phenoxy) is 1. The summed E-state index contributed by atoms with van der Waals surface area (Å²) in [5.74, 6) is 5.11. The molecule has 1 saturated heterocycles. The number of rotatable bonds is 5. The summed E-state index contributed by atoms with van der Waals surface area (Å²) < 4.78 is 11.0. The van der Waals surface area contributed by atoms with Crippen LogP contribution < -0.4 is 0 Å². The van der Waals surface area contributed by atoms with Gasteiger partial charge in [-0.1, -0.05) is 57.0 Å². The maximum atomic E-state index is 12.4. The van der Waals surface area contributed by atoms with Crippen LogP contribution in [-0.2, 0) is 20.5 Å². The number of carbonyl (C=O) groups is 2. The maximum Gasteiger partial charge on any atom is 0.410 e. The first-order valence-corrected chi connectivity index (χ1v) is 11.7. The highest BCUT2D eigenvalue weighted by atomic mass is 28.4. The molecule has 1 aromatic rings. The summed E-state index contributed by atoms with van der Waals surface area (Å²) >= 11 is 0. The van der Waals surface area contributed by atoms with Gasteiger partial charge in [0, 0.05) is 6.54 Å². The van der Waals surface area contributed by atoms with E-state index in [2.05, 4.69) is 45.7 Å². The molecule has 5 nitrogen and oxygen atoms in total. The van der Waals surface area contributed by atoms with Crippen molar-refractivity contribution in [1.29, 1.82) is 0 Å². The molecule has 0 saturated carbocycles. The number of amides is 1. The van der Waals surface area contributed by atoms with Gasteiger partial charge < -0.3 is 9.16 Å². The molecule has 0 radical (unpaired) electrons. The molecule has 1 aromatic carbocycles. The van der Waals surface area contributed by atoms with Crippen molar-refractivity contribution in [1.82, 2.24) is 4.90 Å². The minimum absolute atomic E-state index is 0.0439. The number of ketones is 1. The third-order valence-corrected chi connectivity index (χ3v) is 9.48. The topological polar surface area (TPSA) is 55.8 Å². The predicted octanol–water partition coefficient (Wildman–Crippen LogP) is 3.60. The highest BCUT2D eigenvalue weighted by Crippen LogP contribution is 2.36. The van der Waals surface area contributed by atoms with Crippen LogP contribution in [0.15, 0.2) is 30.3 Å². The van der Waals surface area contributed by atoms with E-state index in [4.69, 9.17) is 9.16 Å². The molecule has 1 aliphatic heterocycles. The molecule has 6 heteroatoms. The Morgan fingerprint density at radius 3 is 2.58 bits per heavy atom. The average molecular weight is 374 g/mol. The quantitative estimate of drug-likeness (QED) is 0.449. The van der Waals surface area contributed by atoms with Crippen LogP contribution >= 0.6 is 0 Å². The lowest BCUT2D eigenvalue weighted by atomic mass is 10.1. The fourth-order valence-electron chi connectivity index (χ4n) is 2.26. The van der Waals surface area contributed by atoms with Gasteiger partial charge in [-0.05, 0) is 29.6 Å². The Morgan fingerprint density at radius 2 is 1.96 bits per heavy atom. The third-order valence-electron chi connectivity index (χ3n) is 5.00. The van der Waals surface area contributed by atoms with Gasteiger partial charge in [-0.15, -0.1) is 0 Å². The molecule has 1 aliphatic rings. The highest BCUT2D eigenvalue weighted by molar-refractivity contribution is 6.74. The van der Waals surface area contributed by atoms with Gasteiger partial charge in [0.2, 0.25) is 5.78 Å². The van der Waals surface area contributed by atoms with E-state index in [0.29, 0.717) is 6.54 Å². The van der Waals surface area contributed by atoms with Crippen LogP contribution in [-0.4, -0.2) is 44.3 Å². The zero-order valence-corrected chi connectivity index (χ0v) is 17.2. The summed E-state index contributed by atoms with van der Waals surface area (Å²) in [5, 5.41) is 0.0941. The molecule has 1 amide bonds. The molecule has 1 heterocycles. The van der Waals surface area contributed by atoms with Crippen molar-refractivity contribution >= 4 is 20.2 Å². The Bertz CT molecular complexity index is 713. The fraction of sp³-hybridized carbons (Fsp3) is 0.500. The van der Waals surface area contributed by atoms with E-state index in [1.165, 1.54) is 4.90 Å². The molecule has 0 spiro atoms. The van der Waals surface area contributed by atoms with Crippen molar-refractivity contribution in [2.45, 2.75) is 51.5 Å². The number of cyclic esters (lactones) is 1. The Kier molecular flexibility index (Phi) is 6.27. The van der Waals surface area contributed by atoms with E-state index in [1.807, 2.05) is 30.3 Å². The zero-order valence-electron chi connectivity index (χ0n) is 16.2. The second-order valence-corrected chi connectivity index (χ2v) is 12.7. The van der Waals surface area contributed by atoms with E-state index < -0.39 is 20.5 Å². The van der Waals surface area contributed by atoms with Crippen LogP contribution in [0.1, 0.15) is 26.3 Å². The van der Waals surface area contributed by atoms with Gasteiger partial charge in [0.1, 0.15) is 12.6 Å². The molecule has 1 fully saturated rings. The molecular formula is C20H27NO4Si. The Hall–Kier alpha value is -2.10. The largest absolute Gasteiger partial charge is 0.447 e. The van der Waals surface area contributed by atoms with Gasteiger partial charge in [0.15, 0.2) is 8.32 Å². The molecule has 2 rings (SSSR count). The van der Waals surface area contributed by atoms with Crippen LogP contribution in [0.2, 0.25) is 18.1 Å². The Morgan fingerprint density at radius 1 is 1.31 bits per heavy atom. The molecule has 0 aliphatic carbocycles. The predicted molar refractivity (Wildman–Crippen MR) is 103 cm³/mol. The van der Waals surface area contributed by atoms with Crippen molar-refractivity contribution in [3.05, 3.63) is 35.9 Å². The number of carbonyl (C=O) groups excluding carboxylic acids is 2. The molecule has 0 N–H and O–H groups in total. The zero-order chi connectivity index (χ0) is 19.4. The second-order valence-electron chi connectivity index (χ2n) is 7.92. The molecule has 0 unspecified atom stereocenters. The lowest BCUT2D eigenvalue weighted by Crippen LogP contribution is -2.41. The van der Waals surface area contributed by atoms with Gasteiger partial charge in [-0.3, -0.25) is 9.69 Å². The summed E-state index contributed by atoms with van der Waals surface area (Å²) in [6.07, 6.45) is -0.480. The van der Waals surface area contributed by atoms with E-state index >= 15 is 0 Å². The molecular weight excluding hydrogens is 346 g/mol. The molecule has 140 valence electrons. The molecule has 0 aromatic heterocycles. The smallest absolute Gasteiger partial charge is 0.410 e. The minimum Gasteiger partial charge on any atom is -0.447 e. The molecule has 0 bridgehead atoms. The standard InChI is InChI=1S/C20H27NO4Si/c1-20(2,3)26(4,5)25-13-9-12-18(22)17-15-24-19(23)21(17)14-16-10-7-6-8-11-16/h6-8,10-11,17H,13-15H2,1-5H3/t17-/m1/s1. The van der Waals surface area contributed by atoms with Gasteiger partial charge in [-0.25, -0.2) is 4.79 Å². The van der Waals surface area contributed by atoms with Gasteiger partial charge in [-0.2, -0.15) is 0 Å². The molecule has 1 atom stereocenters. The first kappa shape index (κ1) is 20.2. The second kappa shape index (κ2) is 8.06. The van der Waals surface area contributed by atoms with E-state index in [-0.39, 0.29) is 24.0 Å². The van der Waals surface area contributed by atoms with Crippen LogP contribution in [0.4, 0.5) is 4.79 Å². The lowest BCUT2D eigenvalue weighted by molar-refractivity contribution is -0.117. The van der Waals surface area contributed by atoms with Crippen LogP contribution in [0, 0.1) is 11.8 Å². The average Bonchev–Trinajstić information content (AvgIpc) is 2.92. The van der Waals surface area contributed by atoms with Crippen molar-refractivity contribution in [3.8, 4) is 11.8 Å². The van der Waals surface area contributed by atoms with Gasteiger partial charge in [0.05, 0.1) is 6.61 Å². The number of benzene rings is 1. The van der Waals surface area contributed by atoms with Gasteiger partial charge >= 0.3 is 6.09 Å². The van der Waals surface area contributed by atoms with Crippen molar-refractivity contribution in [2.75, 3.05) is 13.2 Å². The van der Waals surface area contributed by atoms with Crippen molar-refractivity contribution < 1.29 is 18.8 Å². The monoisotopic (exact) mass is 373 g/mol. The van der Waals surface area contributed by atoms with Crippen molar-refractivity contribution in [2.24, 2.45) is 0 Å². The summed E-state index contributed by atoms with van der Waals surface area (Å²) in [7, 11) is -1.89. The van der Waals surface area contributed by atoms with Crippen molar-refractivity contribution in [3.63, 3.8) is 0 Å². The van der Waals surface area contributed by atoms with E-state index in [1.54, 1.807) is 0 Å². The summed E-state index contributed by atoms with van der Waals surface area (Å²) in [6, 6.07) is 8.85. The number of nitrogens with zero attached hydrogens (tertiary/aromatic N) is 1. The van der Waals surface area contributed by atoms with Crippen LogP contribution in [0.25, 0.3) is 0 Å². The first-order chi connectivity index (χ1) is 12.1. The van der Waals surface area contributed by atoms with Crippen LogP contribution in [0.5, 0.6) is 0 Å². The summed E-state index contributed by atoms with van der Waals surface area (Å²) in [5.41, 5.74) is 0.943. The minimum atomic E-state index is -1.89. The summed E-state index contributed by atoms with van der Waals surface area (Å²) in [6.45, 7) is 11.3. The van der Waals surface area contributed by atoms with E-state index in [9.17, 15) is 9.59 Å². The van der Waals surface area contributed by atoms with E-state index in [0.717, 1.165) is 5.56 Å². The Labute approximate surface area is 156 Å². The molecule has 26 heavy (non-hydrogen) atoms. The number of hydrogen-bond donors (Lipinski definition) is 0. The Balaban J connectivity index is 1.97. The lowest BCUT2D eigenvalue weighted by Gasteiger charge is -2.35. The van der Waals surface area contributed by atoms with Crippen LogP contribution in [0.3, 0.4) is 0 Å². The first-order valence-electron chi connectivity index (χ1n) is 8.76. The number of hydrogen-bond acceptors (Lipinski definition) is 4. The number of Topliss-reactive ketones (excluding diaryl/α,β-unsaturated/α-hetero) is 1. The van der Waals surface area contributed by atoms with Gasteiger partial charge in [0.25, 0.3) is 0 Å². The third kappa shape index (κ3) is 4.96. The SMILES string of the molecule is CC(C)(C)[Si](C)(C)OCC#CC(=O)[C@H]1COC(=O)N1Cc1ccccc1. The normalized spacial score (nSPS) is 17.5. The fourth-order valence-corrected chi connectivity index (χ4v) is 3.13. The summed E-state index contributed by atoms with van der Waals surface area (Å²) in [4.78, 5) is 25.8.